The molecule has 0 aromatic rings. The topological polar surface area (TPSA) is 54.4 Å². The van der Waals surface area contributed by atoms with E-state index in [1.54, 1.807) is 0 Å². The summed E-state index contributed by atoms with van der Waals surface area (Å²) in [5, 5.41) is 0. The summed E-state index contributed by atoms with van der Waals surface area (Å²) in [6.07, 6.45) is 7.87. The van der Waals surface area contributed by atoms with Crippen molar-refractivity contribution in [2.75, 3.05) is 18.5 Å². The van der Waals surface area contributed by atoms with Crippen LogP contribution in [0.4, 0.5) is 0 Å². The minimum absolute atomic E-state index is 0.711. The molecule has 0 amide bonds. The number of rotatable bonds is 10. The van der Waals surface area contributed by atoms with Crippen molar-refractivity contribution in [2.45, 2.75) is 59.3 Å². The maximum absolute atomic E-state index is 11.8. The quantitative estimate of drug-likeness (QED) is 0.482. The van der Waals surface area contributed by atoms with Gasteiger partial charge in [0, 0.05) is 0 Å². The van der Waals surface area contributed by atoms with Crippen molar-refractivity contribution in [1.29, 1.82) is 0 Å². The first-order chi connectivity index (χ1) is 7.93. The Balaban J connectivity index is 4.92. The van der Waals surface area contributed by atoms with Crippen molar-refractivity contribution in [3.8, 4) is 0 Å². The van der Waals surface area contributed by atoms with Gasteiger partial charge < -0.3 is 0 Å². The fraction of sp³-hybridized carbons (Fsp3) is 1.00. The van der Waals surface area contributed by atoms with Crippen molar-refractivity contribution >= 4 is 16.2 Å². The van der Waals surface area contributed by atoms with Gasteiger partial charge in [-0.3, -0.25) is 4.55 Å². The third kappa shape index (κ3) is 5.67. The molecule has 0 rings (SSSR count). The highest BCUT2D eigenvalue weighted by Gasteiger charge is 2.48. The Bertz CT molecular complexity index is 266. The average molecular weight is 283 g/mol. The molecule has 1 N–H and O–H groups in total. The molecule has 17 heavy (non-hydrogen) atoms. The Morgan fingerprint density at radius 2 is 1.12 bits per heavy atom. The van der Waals surface area contributed by atoms with Gasteiger partial charge in [0.1, 0.15) is 0 Å². The minimum atomic E-state index is -3.83. The molecule has 0 heterocycles. The van der Waals surface area contributed by atoms with Gasteiger partial charge in [0.15, 0.2) is 6.46 Å². The maximum atomic E-state index is 11.8. The van der Waals surface area contributed by atoms with Gasteiger partial charge in [-0.25, -0.2) is 0 Å². The van der Waals surface area contributed by atoms with E-state index in [1.165, 1.54) is 0 Å². The van der Waals surface area contributed by atoms with Gasteiger partial charge in [0.05, 0.1) is 18.5 Å². The Morgan fingerprint density at radius 3 is 1.29 bits per heavy atom. The van der Waals surface area contributed by atoms with Gasteiger partial charge in [-0.15, -0.1) is 0 Å². The van der Waals surface area contributed by atoms with Crippen LogP contribution in [0.5, 0.6) is 0 Å². The second kappa shape index (κ2) is 8.44. The van der Waals surface area contributed by atoms with Crippen LogP contribution < -0.4 is 0 Å². The molecule has 0 aliphatic carbocycles. The summed E-state index contributed by atoms with van der Waals surface area (Å²) in [7, 11) is -3.83. The molecule has 0 fully saturated rings. The molecule has 0 atom stereocenters. The molecule has 0 saturated carbocycles. The average Bonchev–Trinajstić information content (AvgIpc) is 2.27. The molecule has 0 aromatic heterocycles. The first kappa shape index (κ1) is 17.3. The van der Waals surface area contributed by atoms with Crippen molar-refractivity contribution in [3.63, 3.8) is 0 Å². The fourth-order valence-electron chi connectivity index (χ4n) is 2.02. The van der Waals surface area contributed by atoms with E-state index >= 15 is 0 Å². The highest BCUT2D eigenvalue weighted by atomic mass is 32.8. The van der Waals surface area contributed by atoms with Crippen LogP contribution in [-0.4, -0.2) is 31.5 Å². The highest BCUT2D eigenvalue weighted by Crippen LogP contribution is 2.65. The van der Waals surface area contributed by atoms with Gasteiger partial charge in [-0.1, -0.05) is 40.0 Å². The molecule has 0 radical (unpaired) electrons. The first-order valence-electron chi connectivity index (χ1n) is 6.77. The zero-order valence-electron chi connectivity index (χ0n) is 11.5. The molecule has 0 spiro atoms. The van der Waals surface area contributed by atoms with Crippen molar-refractivity contribution in [3.05, 3.63) is 0 Å². The van der Waals surface area contributed by atoms with Crippen LogP contribution in [0.1, 0.15) is 59.3 Å². The molecule has 0 aromatic carbocycles. The standard InChI is InChI=1S/C12H27O3PS/c1-4-7-10-16(11-8-5-2,12-9-6-3)17(13,14)15/h4-12H2,1-3H3/p+1. The number of hydrogen-bond donors (Lipinski definition) is 1. The van der Waals surface area contributed by atoms with Crippen LogP contribution in [-0.2, 0) is 9.74 Å². The molecule has 0 saturated heterocycles. The normalized spacial score (nSPS) is 12.9. The van der Waals surface area contributed by atoms with E-state index < -0.39 is 16.2 Å². The van der Waals surface area contributed by atoms with Gasteiger partial charge in [-0.05, 0) is 19.3 Å². The molecule has 104 valence electrons. The van der Waals surface area contributed by atoms with E-state index in [0.29, 0.717) is 18.5 Å². The SMILES string of the molecule is CCCC[P+](CCCC)(CCCC)S(=O)(=O)O. The predicted molar refractivity (Wildman–Crippen MR) is 77.8 cm³/mol. The van der Waals surface area contributed by atoms with Crippen LogP contribution in [0, 0.1) is 0 Å². The lowest BCUT2D eigenvalue weighted by atomic mass is 10.4. The third-order valence-corrected chi connectivity index (χ3v) is 12.2. The van der Waals surface area contributed by atoms with Gasteiger partial charge >= 0.3 is 9.74 Å². The van der Waals surface area contributed by atoms with Gasteiger partial charge in [-0.2, -0.15) is 8.42 Å². The van der Waals surface area contributed by atoms with E-state index in [9.17, 15) is 13.0 Å². The smallest absolute Gasteiger partial charge is 0.257 e. The summed E-state index contributed by atoms with van der Waals surface area (Å²) in [5.74, 6) is 0. The lowest BCUT2D eigenvalue weighted by Crippen LogP contribution is -2.17. The zero-order chi connectivity index (χ0) is 13.4. The summed E-state index contributed by atoms with van der Waals surface area (Å²) < 4.78 is 33.2. The molecule has 3 nitrogen and oxygen atoms in total. The summed E-state index contributed by atoms with van der Waals surface area (Å²) in [5.41, 5.74) is 0. The summed E-state index contributed by atoms with van der Waals surface area (Å²) in [6, 6.07) is 0. The van der Waals surface area contributed by atoms with Crippen LogP contribution >= 0.6 is 6.46 Å². The first-order valence-corrected chi connectivity index (χ1v) is 11.2. The van der Waals surface area contributed by atoms with Crippen LogP contribution in [0.15, 0.2) is 0 Å². The molecule has 0 unspecified atom stereocenters. The number of hydrogen-bond acceptors (Lipinski definition) is 2. The molecule has 0 aliphatic rings. The Hall–Kier alpha value is 0.340. The zero-order valence-corrected chi connectivity index (χ0v) is 13.2. The third-order valence-electron chi connectivity index (χ3n) is 3.25. The lowest BCUT2D eigenvalue weighted by molar-refractivity contribution is 0.500. The van der Waals surface area contributed by atoms with E-state index in [1.807, 2.05) is 0 Å². The lowest BCUT2D eigenvalue weighted by Gasteiger charge is -2.23. The summed E-state index contributed by atoms with van der Waals surface area (Å²) >= 11 is 0. The highest BCUT2D eigenvalue weighted by molar-refractivity contribution is 8.54. The largest absolute Gasteiger partial charge is 0.380 e. The van der Waals surface area contributed by atoms with Gasteiger partial charge in [0.2, 0.25) is 0 Å². The maximum Gasteiger partial charge on any atom is 0.380 e. The molecule has 5 heteroatoms. The van der Waals surface area contributed by atoms with Crippen molar-refractivity contribution < 1.29 is 13.0 Å². The minimum Gasteiger partial charge on any atom is -0.257 e. The Labute approximate surface area is 107 Å². The summed E-state index contributed by atoms with van der Waals surface area (Å²) in [6.45, 7) is 4.00. The molecule has 0 aliphatic heterocycles. The summed E-state index contributed by atoms with van der Waals surface area (Å²) in [4.78, 5) is 0. The monoisotopic (exact) mass is 283 g/mol. The molecular formula is C12H28O3PS+. The van der Waals surface area contributed by atoms with Crippen molar-refractivity contribution in [2.24, 2.45) is 0 Å². The van der Waals surface area contributed by atoms with Crippen molar-refractivity contribution in [1.82, 2.24) is 0 Å². The van der Waals surface area contributed by atoms with Crippen LogP contribution in [0.3, 0.4) is 0 Å². The predicted octanol–water partition coefficient (Wildman–Crippen LogP) is 4.21. The second-order valence-electron chi connectivity index (χ2n) is 4.74. The van der Waals surface area contributed by atoms with E-state index in [2.05, 4.69) is 20.8 Å². The van der Waals surface area contributed by atoms with E-state index in [-0.39, 0.29) is 0 Å². The van der Waals surface area contributed by atoms with E-state index in [0.717, 1.165) is 38.5 Å². The Morgan fingerprint density at radius 1 is 0.824 bits per heavy atom. The van der Waals surface area contributed by atoms with Crippen LogP contribution in [0.2, 0.25) is 0 Å². The van der Waals surface area contributed by atoms with Crippen LogP contribution in [0.25, 0.3) is 0 Å². The number of unbranched alkanes of at least 4 members (excludes halogenated alkanes) is 3. The van der Waals surface area contributed by atoms with E-state index in [4.69, 9.17) is 0 Å². The van der Waals surface area contributed by atoms with Gasteiger partial charge in [0.25, 0.3) is 0 Å². The molecular weight excluding hydrogens is 255 g/mol. The molecule has 0 bridgehead atoms. The Kier molecular flexibility index (Phi) is 8.61. The second-order valence-corrected chi connectivity index (χ2v) is 12.8. The fourth-order valence-corrected chi connectivity index (χ4v) is 9.30.